The fraction of sp³-hybridized carbons (Fsp3) is 0.536. The van der Waals surface area contributed by atoms with Crippen LogP contribution in [0.3, 0.4) is 0 Å². The van der Waals surface area contributed by atoms with Crippen molar-refractivity contribution in [3.05, 3.63) is 65.7 Å². The molecule has 0 aliphatic carbocycles. The van der Waals surface area contributed by atoms with E-state index < -0.39 is 30.0 Å². The number of amides is 1. The molecule has 0 spiro atoms. The molecule has 0 bridgehead atoms. The fourth-order valence-corrected chi connectivity index (χ4v) is 4.56. The maximum Gasteiger partial charge on any atom is 0.494 e. The highest BCUT2D eigenvalue weighted by Gasteiger charge is 2.51. The predicted octanol–water partition coefficient (Wildman–Crippen LogP) is 5.36. The summed E-state index contributed by atoms with van der Waals surface area (Å²) in [5.74, 6) is 0.0519. The summed E-state index contributed by atoms with van der Waals surface area (Å²) in [6.07, 6.45) is 0.223. The van der Waals surface area contributed by atoms with Gasteiger partial charge in [0.15, 0.2) is 0 Å². The van der Waals surface area contributed by atoms with Crippen molar-refractivity contribution in [3.63, 3.8) is 0 Å². The fourth-order valence-electron chi connectivity index (χ4n) is 4.56. The first-order chi connectivity index (χ1) is 16.2. The highest BCUT2D eigenvalue weighted by atomic mass is 16.7. The molecule has 0 radical (unpaired) electrons. The van der Waals surface area contributed by atoms with Crippen molar-refractivity contribution in [1.29, 1.82) is 0 Å². The number of rotatable bonds is 9. The normalized spacial score (nSPS) is 18.8. The third kappa shape index (κ3) is 6.66. The minimum Gasteiger partial charge on any atom is -0.465 e. The molecule has 190 valence electrons. The zero-order valence-corrected chi connectivity index (χ0v) is 22.1. The summed E-state index contributed by atoms with van der Waals surface area (Å²) < 4.78 is 12.3. The van der Waals surface area contributed by atoms with E-state index in [-0.39, 0.29) is 12.0 Å². The topological polar surface area (TPSA) is 79.2 Å². The second-order valence-corrected chi connectivity index (χ2v) is 11.3. The van der Waals surface area contributed by atoms with Crippen molar-refractivity contribution in [2.75, 3.05) is 6.54 Å². The maximum absolute atomic E-state index is 12.2. The molecular weight excluding hydrogens is 441 g/mol. The van der Waals surface area contributed by atoms with E-state index in [9.17, 15) is 15.0 Å². The van der Waals surface area contributed by atoms with E-state index in [1.54, 1.807) is 13.8 Å². The first-order valence-corrected chi connectivity index (χ1v) is 12.4. The van der Waals surface area contributed by atoms with Gasteiger partial charge in [-0.15, -0.1) is 0 Å². The Morgan fingerprint density at radius 2 is 1.51 bits per heavy atom. The van der Waals surface area contributed by atoms with Gasteiger partial charge in [-0.05, 0) is 83.8 Å². The number of hydrogen-bond donors (Lipinski definition) is 2. The predicted molar refractivity (Wildman–Crippen MR) is 140 cm³/mol. The van der Waals surface area contributed by atoms with Crippen LogP contribution >= 0.6 is 0 Å². The summed E-state index contributed by atoms with van der Waals surface area (Å²) in [4.78, 5) is 13.7. The molecular formula is C28H40BNO5. The van der Waals surface area contributed by atoms with Gasteiger partial charge >= 0.3 is 13.2 Å². The number of benzene rings is 2. The van der Waals surface area contributed by atoms with Crippen molar-refractivity contribution in [2.24, 2.45) is 0 Å². The average molecular weight is 481 g/mol. The van der Waals surface area contributed by atoms with Crippen LogP contribution in [0.4, 0.5) is 4.79 Å². The smallest absolute Gasteiger partial charge is 0.465 e. The molecule has 1 aliphatic heterocycles. The van der Waals surface area contributed by atoms with Crippen LogP contribution in [0.15, 0.2) is 54.6 Å². The van der Waals surface area contributed by atoms with Gasteiger partial charge in [0.25, 0.3) is 0 Å². The summed E-state index contributed by atoms with van der Waals surface area (Å²) in [5, 5.41) is 20.4. The van der Waals surface area contributed by atoms with Crippen molar-refractivity contribution in [2.45, 2.75) is 90.1 Å². The van der Waals surface area contributed by atoms with Gasteiger partial charge in [-0.2, -0.15) is 0 Å². The molecule has 6 nitrogen and oxygen atoms in total. The van der Waals surface area contributed by atoms with E-state index in [1.165, 1.54) is 4.90 Å². The third-order valence-electron chi connectivity index (χ3n) is 7.39. The quantitative estimate of drug-likeness (QED) is 0.472. The Morgan fingerprint density at radius 3 is 2.00 bits per heavy atom. The highest BCUT2D eigenvalue weighted by molar-refractivity contribution is 6.62. The lowest BCUT2D eigenvalue weighted by Crippen LogP contribution is -2.41. The Balaban J connectivity index is 1.72. The molecule has 1 aliphatic rings. The van der Waals surface area contributed by atoms with Crippen molar-refractivity contribution >= 4 is 18.7 Å². The number of carboxylic acid groups (broad SMARTS) is 1. The van der Waals surface area contributed by atoms with Gasteiger partial charge in [-0.3, -0.25) is 0 Å². The Hall–Kier alpha value is -2.35. The van der Waals surface area contributed by atoms with Crippen LogP contribution in [0.25, 0.3) is 0 Å². The van der Waals surface area contributed by atoms with Crippen molar-refractivity contribution < 1.29 is 24.3 Å². The van der Waals surface area contributed by atoms with Crippen LogP contribution in [0, 0.1) is 0 Å². The van der Waals surface area contributed by atoms with Crippen molar-refractivity contribution in [3.8, 4) is 0 Å². The van der Waals surface area contributed by atoms with Crippen LogP contribution in [0.2, 0.25) is 0 Å². The van der Waals surface area contributed by atoms with Gasteiger partial charge in [0.1, 0.15) is 0 Å². The molecule has 3 rings (SSSR count). The largest absolute Gasteiger partial charge is 0.494 e. The molecule has 35 heavy (non-hydrogen) atoms. The Morgan fingerprint density at radius 1 is 0.971 bits per heavy atom. The zero-order valence-electron chi connectivity index (χ0n) is 22.1. The van der Waals surface area contributed by atoms with Gasteiger partial charge in [0.05, 0.1) is 22.8 Å². The summed E-state index contributed by atoms with van der Waals surface area (Å²) in [5.41, 5.74) is 1.26. The van der Waals surface area contributed by atoms with Gasteiger partial charge in [-0.25, -0.2) is 4.79 Å². The molecule has 2 atom stereocenters. The van der Waals surface area contributed by atoms with Gasteiger partial charge in [-0.1, -0.05) is 54.6 Å². The van der Waals surface area contributed by atoms with Crippen LogP contribution < -0.4 is 5.46 Å². The summed E-state index contributed by atoms with van der Waals surface area (Å²) in [6, 6.07) is 17.5. The third-order valence-corrected chi connectivity index (χ3v) is 7.39. The maximum atomic E-state index is 12.2. The first kappa shape index (κ1) is 27.2. The summed E-state index contributed by atoms with van der Waals surface area (Å²) in [6.45, 7) is 14.0. The number of hydrogen-bond acceptors (Lipinski definition) is 4. The monoisotopic (exact) mass is 481 g/mol. The van der Waals surface area contributed by atoms with Crippen LogP contribution in [0.1, 0.15) is 84.4 Å². The molecule has 1 amide bonds. The molecule has 0 aromatic heterocycles. The van der Waals surface area contributed by atoms with Gasteiger partial charge < -0.3 is 24.4 Å². The Kier molecular flexibility index (Phi) is 8.04. The zero-order chi connectivity index (χ0) is 26.0. The van der Waals surface area contributed by atoms with Gasteiger partial charge in [0.2, 0.25) is 0 Å². The van der Waals surface area contributed by atoms with Crippen LogP contribution in [-0.4, -0.2) is 51.7 Å². The second kappa shape index (κ2) is 10.3. The Labute approximate surface area is 210 Å². The minimum absolute atomic E-state index is 0.0519. The Bertz CT molecular complexity index is 969. The molecule has 1 saturated heterocycles. The standard InChI is InChI=1S/C28H40BNO5/c1-20(21-13-15-24(16-14-21)29-34-27(4,5)28(6,7)35-29)30(25(31)32)18-17-23(19-26(2,3)33)22-11-9-8-10-12-22/h8-16,20,23,33H,17-19H2,1-7H3,(H,31,32)/t20-,23+/m0/s1. The lowest BCUT2D eigenvalue weighted by molar-refractivity contribution is 0.00578. The van der Waals surface area contributed by atoms with E-state index in [1.807, 2.05) is 89.2 Å². The molecule has 2 N–H and O–H groups in total. The lowest BCUT2D eigenvalue weighted by atomic mass is 9.78. The average Bonchev–Trinajstić information content (AvgIpc) is 2.99. The highest BCUT2D eigenvalue weighted by Crippen LogP contribution is 2.36. The van der Waals surface area contributed by atoms with E-state index >= 15 is 0 Å². The van der Waals surface area contributed by atoms with Crippen LogP contribution in [0.5, 0.6) is 0 Å². The lowest BCUT2D eigenvalue weighted by Gasteiger charge is -2.32. The first-order valence-electron chi connectivity index (χ1n) is 12.4. The number of nitrogens with zero attached hydrogens (tertiary/aromatic N) is 1. The van der Waals surface area contributed by atoms with Gasteiger partial charge in [0, 0.05) is 6.54 Å². The number of carbonyl (C=O) groups is 1. The van der Waals surface area contributed by atoms with Crippen molar-refractivity contribution in [1.82, 2.24) is 4.90 Å². The molecule has 0 saturated carbocycles. The molecule has 2 aromatic carbocycles. The van der Waals surface area contributed by atoms with E-state index in [2.05, 4.69) is 0 Å². The van der Waals surface area contributed by atoms with E-state index in [0.717, 1.165) is 16.6 Å². The molecule has 2 aromatic rings. The summed E-state index contributed by atoms with van der Waals surface area (Å²) >= 11 is 0. The molecule has 1 heterocycles. The number of aliphatic hydroxyl groups is 1. The molecule has 1 fully saturated rings. The van der Waals surface area contributed by atoms with E-state index in [0.29, 0.717) is 19.4 Å². The summed E-state index contributed by atoms with van der Waals surface area (Å²) in [7, 11) is -0.451. The van der Waals surface area contributed by atoms with E-state index in [4.69, 9.17) is 9.31 Å². The second-order valence-electron chi connectivity index (χ2n) is 11.3. The molecule has 0 unspecified atom stereocenters. The SMILES string of the molecule is C[C@@H](c1ccc(B2OC(C)(C)C(C)(C)O2)cc1)N(CC[C@H](CC(C)(C)O)c1ccccc1)C(=O)O. The van der Waals surface area contributed by atoms with Crippen LogP contribution in [-0.2, 0) is 9.31 Å². The molecule has 7 heteroatoms. The minimum atomic E-state index is -0.956.